The molecule has 0 bridgehead atoms. The number of rotatable bonds is 5. The smallest absolute Gasteiger partial charge is 0.432 e. The second-order valence-electron chi connectivity index (χ2n) is 8.70. The lowest BCUT2D eigenvalue weighted by atomic mass is 9.84. The van der Waals surface area contributed by atoms with Crippen LogP contribution in [0.2, 0.25) is 0 Å². The predicted octanol–water partition coefficient (Wildman–Crippen LogP) is 5.69. The number of aromatic nitrogens is 3. The van der Waals surface area contributed by atoms with Crippen molar-refractivity contribution in [3.63, 3.8) is 0 Å². The van der Waals surface area contributed by atoms with Gasteiger partial charge in [-0.1, -0.05) is 75.1 Å². The topological polar surface area (TPSA) is 82.9 Å². The van der Waals surface area contributed by atoms with Crippen LogP contribution < -0.4 is 5.32 Å². The van der Waals surface area contributed by atoms with Crippen molar-refractivity contribution < 1.29 is 9.90 Å². The van der Waals surface area contributed by atoms with E-state index >= 15 is 0 Å². The zero-order chi connectivity index (χ0) is 22.9. The molecular formula is C24H26N4O2S2. The number of nitrogens with one attached hydrogen (secondary N) is 2. The van der Waals surface area contributed by atoms with Crippen molar-refractivity contribution in [2.45, 2.75) is 38.4 Å². The van der Waals surface area contributed by atoms with Crippen LogP contribution in [0.15, 0.2) is 48.7 Å². The number of thiocarbonyl (C=S) groups is 1. The number of hydrogen-bond acceptors (Lipinski definition) is 4. The molecule has 0 spiro atoms. The molecule has 2 heterocycles. The number of fused-ring (bicyclic) bond motifs is 2. The van der Waals surface area contributed by atoms with Gasteiger partial charge in [-0.2, -0.15) is 9.78 Å². The normalized spacial score (nSPS) is 11.8. The lowest BCUT2D eigenvalue weighted by molar-refractivity contribution is 0.194. The Morgan fingerprint density at radius 3 is 2.75 bits per heavy atom. The number of nitrogens with zero attached hydrogens (tertiary/aromatic N) is 2. The second kappa shape index (κ2) is 8.96. The molecule has 0 atom stereocenters. The fraction of sp³-hybridized carbons (Fsp3) is 0.292. The molecule has 0 radical (unpaired) electrons. The number of carboxylic acid groups (broad SMARTS) is 1. The molecule has 32 heavy (non-hydrogen) atoms. The van der Waals surface area contributed by atoms with E-state index < -0.39 is 6.09 Å². The standard InChI is InChI=1S/C24H26N4O2S2/c1-24(2,3)17-8-6-10-20-21(17)19(27-28(20)23(29)30)14-32-22(31)25-12-11-15-13-26-18-9-5-4-7-16(15)18/h4-10,13,26H,11-12,14H2,1-3H3,(H,25,31)(H,29,30). The highest BCUT2D eigenvalue weighted by Gasteiger charge is 2.24. The zero-order valence-corrected chi connectivity index (χ0v) is 19.9. The molecule has 4 aromatic rings. The average Bonchev–Trinajstić information content (AvgIpc) is 3.33. The van der Waals surface area contributed by atoms with Crippen LogP contribution in [0.1, 0.15) is 37.6 Å². The molecule has 4 rings (SSSR count). The minimum atomic E-state index is -1.09. The Hall–Kier alpha value is -2.84. The number of aromatic amines is 1. The monoisotopic (exact) mass is 466 g/mol. The molecule has 2 aromatic heterocycles. The van der Waals surface area contributed by atoms with Crippen LogP contribution in [-0.2, 0) is 17.6 Å². The quantitative estimate of drug-likeness (QED) is 0.328. The van der Waals surface area contributed by atoms with Gasteiger partial charge in [0.1, 0.15) is 4.32 Å². The fourth-order valence-electron chi connectivity index (χ4n) is 3.94. The molecular weight excluding hydrogens is 440 g/mol. The van der Waals surface area contributed by atoms with E-state index in [2.05, 4.69) is 48.3 Å². The highest BCUT2D eigenvalue weighted by molar-refractivity contribution is 8.22. The summed E-state index contributed by atoms with van der Waals surface area (Å²) in [5, 5.41) is 19.4. The van der Waals surface area contributed by atoms with Gasteiger partial charge in [-0.05, 0) is 35.1 Å². The highest BCUT2D eigenvalue weighted by Crippen LogP contribution is 2.33. The van der Waals surface area contributed by atoms with Crippen molar-refractivity contribution in [1.29, 1.82) is 0 Å². The summed E-state index contributed by atoms with van der Waals surface area (Å²) in [6.07, 6.45) is 1.81. The van der Waals surface area contributed by atoms with E-state index in [9.17, 15) is 9.90 Å². The third kappa shape index (κ3) is 4.52. The van der Waals surface area contributed by atoms with Crippen molar-refractivity contribution in [2.24, 2.45) is 0 Å². The molecule has 0 saturated carbocycles. The molecule has 0 aliphatic heterocycles. The fourth-order valence-corrected chi connectivity index (χ4v) is 4.89. The summed E-state index contributed by atoms with van der Waals surface area (Å²) in [7, 11) is 0. The van der Waals surface area contributed by atoms with Gasteiger partial charge >= 0.3 is 6.09 Å². The highest BCUT2D eigenvalue weighted by atomic mass is 32.2. The molecule has 0 fully saturated rings. The summed E-state index contributed by atoms with van der Waals surface area (Å²) in [5.41, 5.74) is 4.68. The van der Waals surface area contributed by atoms with Crippen LogP contribution in [0.4, 0.5) is 4.79 Å². The molecule has 0 saturated heterocycles. The summed E-state index contributed by atoms with van der Waals surface area (Å²) in [6.45, 7) is 7.08. The van der Waals surface area contributed by atoms with Crippen LogP contribution in [0.25, 0.3) is 21.8 Å². The summed E-state index contributed by atoms with van der Waals surface area (Å²) in [4.78, 5) is 15.0. The molecule has 0 amide bonds. The maximum Gasteiger partial charge on any atom is 0.432 e. The molecule has 6 nitrogen and oxygen atoms in total. The Bertz CT molecular complexity index is 1300. The van der Waals surface area contributed by atoms with Crippen molar-refractivity contribution in [1.82, 2.24) is 20.1 Å². The average molecular weight is 467 g/mol. The molecule has 166 valence electrons. The molecule has 0 aliphatic rings. The van der Waals surface area contributed by atoms with Gasteiger partial charge < -0.3 is 15.4 Å². The summed E-state index contributed by atoms with van der Waals surface area (Å²) in [5.74, 6) is 0.503. The third-order valence-corrected chi connectivity index (χ3v) is 6.77. The Balaban J connectivity index is 1.45. The van der Waals surface area contributed by atoms with E-state index in [0.717, 1.165) is 39.8 Å². The number of hydrogen-bond donors (Lipinski definition) is 3. The molecule has 8 heteroatoms. The van der Waals surface area contributed by atoms with Gasteiger partial charge in [0.25, 0.3) is 0 Å². The van der Waals surface area contributed by atoms with Gasteiger partial charge in [-0.15, -0.1) is 0 Å². The Morgan fingerprint density at radius 1 is 1.22 bits per heavy atom. The van der Waals surface area contributed by atoms with E-state index in [1.54, 1.807) is 6.07 Å². The first kappa shape index (κ1) is 22.4. The molecule has 2 aromatic carbocycles. The predicted molar refractivity (Wildman–Crippen MR) is 136 cm³/mol. The largest absolute Gasteiger partial charge is 0.463 e. The SMILES string of the molecule is CC(C)(C)c1cccc2c1c(CSC(=S)NCCc1c[nH]c3ccccc13)nn2C(=O)O. The lowest BCUT2D eigenvalue weighted by Crippen LogP contribution is -2.21. The van der Waals surface area contributed by atoms with Gasteiger partial charge in [0.2, 0.25) is 0 Å². The van der Waals surface area contributed by atoms with Crippen molar-refractivity contribution >= 4 is 56.2 Å². The first-order chi connectivity index (χ1) is 15.3. The van der Waals surface area contributed by atoms with Crippen LogP contribution >= 0.6 is 24.0 Å². The lowest BCUT2D eigenvalue weighted by Gasteiger charge is -2.20. The van der Waals surface area contributed by atoms with E-state index in [1.165, 1.54) is 22.7 Å². The number of para-hydroxylation sites is 1. The molecule has 3 N–H and O–H groups in total. The maximum absolute atomic E-state index is 11.7. The van der Waals surface area contributed by atoms with E-state index in [1.807, 2.05) is 30.5 Å². The van der Waals surface area contributed by atoms with Gasteiger partial charge in [0.05, 0.1) is 11.2 Å². The molecule has 0 aliphatic carbocycles. The minimum absolute atomic E-state index is 0.136. The second-order valence-corrected chi connectivity index (χ2v) is 10.4. The first-order valence-corrected chi connectivity index (χ1v) is 11.8. The van der Waals surface area contributed by atoms with Crippen molar-refractivity contribution in [3.05, 3.63) is 65.5 Å². The maximum atomic E-state index is 11.7. The van der Waals surface area contributed by atoms with Gasteiger partial charge in [-0.3, -0.25) is 0 Å². The number of thioether (sulfide) groups is 1. The number of benzene rings is 2. The Kier molecular flexibility index (Phi) is 6.26. The minimum Gasteiger partial charge on any atom is -0.463 e. The van der Waals surface area contributed by atoms with Crippen LogP contribution in [0, 0.1) is 0 Å². The third-order valence-electron chi connectivity index (χ3n) is 5.45. The first-order valence-electron chi connectivity index (χ1n) is 10.5. The summed E-state index contributed by atoms with van der Waals surface area (Å²) >= 11 is 7.00. The van der Waals surface area contributed by atoms with Gasteiger partial charge in [0, 0.05) is 34.8 Å². The summed E-state index contributed by atoms with van der Waals surface area (Å²) in [6, 6.07) is 14.0. The van der Waals surface area contributed by atoms with E-state index in [-0.39, 0.29) is 5.41 Å². The van der Waals surface area contributed by atoms with Crippen LogP contribution in [-0.4, -0.2) is 36.8 Å². The molecule has 0 unspecified atom stereocenters. The van der Waals surface area contributed by atoms with E-state index in [4.69, 9.17) is 12.2 Å². The summed E-state index contributed by atoms with van der Waals surface area (Å²) < 4.78 is 1.74. The van der Waals surface area contributed by atoms with Crippen molar-refractivity contribution in [3.8, 4) is 0 Å². The van der Waals surface area contributed by atoms with Crippen LogP contribution in [0.5, 0.6) is 0 Å². The Morgan fingerprint density at radius 2 is 2.00 bits per heavy atom. The number of H-pyrrole nitrogens is 1. The van der Waals surface area contributed by atoms with Gasteiger partial charge in [-0.25, -0.2) is 4.79 Å². The number of carbonyl (C=O) groups is 1. The van der Waals surface area contributed by atoms with Crippen molar-refractivity contribution in [2.75, 3.05) is 6.54 Å². The Labute approximate surface area is 196 Å². The van der Waals surface area contributed by atoms with Crippen LogP contribution in [0.3, 0.4) is 0 Å². The van der Waals surface area contributed by atoms with Gasteiger partial charge in [0.15, 0.2) is 0 Å². The zero-order valence-electron chi connectivity index (χ0n) is 18.3. The van der Waals surface area contributed by atoms with E-state index in [0.29, 0.717) is 15.6 Å².